The summed E-state index contributed by atoms with van der Waals surface area (Å²) >= 11 is 18.8. The number of alkyl carbamates (subject to hydrolysis) is 1. The van der Waals surface area contributed by atoms with Gasteiger partial charge in [0.05, 0.1) is 0 Å². The molecule has 1 N–H and O–H groups in total. The van der Waals surface area contributed by atoms with E-state index in [0.29, 0.717) is 5.75 Å². The molecule has 2 amide bonds. The molecule has 0 bridgehead atoms. The molecular weight excluding hydrogens is 599 g/mol. The highest BCUT2D eigenvalue weighted by Gasteiger charge is 2.67. The van der Waals surface area contributed by atoms with Crippen LogP contribution in [-0.4, -0.2) is 66.2 Å². The molecule has 1 saturated heterocycles. The van der Waals surface area contributed by atoms with E-state index >= 15 is 0 Å². The number of carbonyl (C=O) groups excluding carboxylic acids is 3. The molecule has 3 aromatic rings. The molecule has 5 rings (SSSR count). The Hall–Kier alpha value is -3.18. The van der Waals surface area contributed by atoms with Gasteiger partial charge in [0.25, 0.3) is 5.91 Å². The Labute approximate surface area is 249 Å². The third kappa shape index (κ3) is 5.81. The van der Waals surface area contributed by atoms with Gasteiger partial charge in [0.2, 0.25) is 3.79 Å². The van der Waals surface area contributed by atoms with E-state index in [9.17, 15) is 14.4 Å². The van der Waals surface area contributed by atoms with Crippen LogP contribution >= 0.6 is 46.6 Å². The highest BCUT2D eigenvalue weighted by molar-refractivity contribution is 8.00. The van der Waals surface area contributed by atoms with Gasteiger partial charge in [-0.15, -0.1) is 11.8 Å². The molecule has 0 aliphatic carbocycles. The van der Waals surface area contributed by atoms with Crippen LogP contribution < -0.4 is 5.32 Å². The highest BCUT2D eigenvalue weighted by Crippen LogP contribution is 2.52. The number of aromatic nitrogens is 2. The Morgan fingerprint density at radius 1 is 1.07 bits per heavy atom. The van der Waals surface area contributed by atoms with Gasteiger partial charge in [0.1, 0.15) is 24.9 Å². The molecule has 2 aliphatic rings. The molecule has 13 heteroatoms. The lowest BCUT2D eigenvalue weighted by Crippen LogP contribution is -2.80. The third-order valence-electron chi connectivity index (χ3n) is 6.47. The number of rotatable bonds is 7. The summed E-state index contributed by atoms with van der Waals surface area (Å²) in [5, 5.41) is 2.36. The van der Waals surface area contributed by atoms with Gasteiger partial charge in [-0.3, -0.25) is 4.79 Å². The van der Waals surface area contributed by atoms with Crippen molar-refractivity contribution in [1.29, 1.82) is 0 Å². The van der Waals surface area contributed by atoms with E-state index in [1.54, 1.807) is 11.1 Å². The van der Waals surface area contributed by atoms with Crippen molar-refractivity contribution in [3.05, 3.63) is 102 Å². The standard InChI is InChI=1S/C27H23Cl3N4O5S/c28-26(29,30)16-39-24(36)32-27(21(19-7-3-1-4-8-19)20-9-5-2-6-10-20)22(35)34-13-18(15-40-23(27)34)14-38-25(37)33-12-11-31-17-33/h1-13,17,21,23H,14-16H2,(H,32,36)/t23-,27?/m0/s1. The summed E-state index contributed by atoms with van der Waals surface area (Å²) in [7, 11) is 0. The number of amides is 2. The van der Waals surface area contributed by atoms with Crippen LogP contribution in [0.1, 0.15) is 17.0 Å². The van der Waals surface area contributed by atoms with Crippen LogP contribution in [0.3, 0.4) is 0 Å². The van der Waals surface area contributed by atoms with E-state index in [2.05, 4.69) is 10.3 Å². The van der Waals surface area contributed by atoms with Crippen molar-refractivity contribution in [1.82, 2.24) is 19.8 Å². The number of nitrogens with zero attached hydrogens (tertiary/aromatic N) is 3. The molecule has 2 atom stereocenters. The number of hydrogen-bond donors (Lipinski definition) is 1. The smallest absolute Gasteiger partial charge is 0.419 e. The Morgan fingerprint density at radius 3 is 2.30 bits per heavy atom. The Kier molecular flexibility index (Phi) is 8.32. The number of hydrogen-bond acceptors (Lipinski definition) is 7. The molecule has 0 spiro atoms. The fourth-order valence-corrected chi connectivity index (χ4v) is 6.40. The van der Waals surface area contributed by atoms with Gasteiger partial charge < -0.3 is 19.7 Å². The second-order valence-corrected chi connectivity index (χ2v) is 12.7. The summed E-state index contributed by atoms with van der Waals surface area (Å²) < 4.78 is 9.98. The van der Waals surface area contributed by atoms with E-state index in [1.807, 2.05) is 60.7 Å². The van der Waals surface area contributed by atoms with Crippen LogP contribution in [0.25, 0.3) is 0 Å². The molecule has 0 radical (unpaired) electrons. The van der Waals surface area contributed by atoms with Crippen LogP contribution in [0, 0.1) is 0 Å². The molecule has 2 aromatic carbocycles. The van der Waals surface area contributed by atoms with Crippen molar-refractivity contribution in [3.8, 4) is 0 Å². The van der Waals surface area contributed by atoms with Gasteiger partial charge >= 0.3 is 12.2 Å². The van der Waals surface area contributed by atoms with E-state index in [-0.39, 0.29) is 12.5 Å². The van der Waals surface area contributed by atoms with Crippen LogP contribution in [0.2, 0.25) is 0 Å². The number of thioether (sulfide) groups is 1. The third-order valence-corrected chi connectivity index (χ3v) is 8.25. The quantitative estimate of drug-likeness (QED) is 0.281. The van der Waals surface area contributed by atoms with E-state index in [1.165, 1.54) is 35.0 Å². The predicted octanol–water partition coefficient (Wildman–Crippen LogP) is 5.33. The lowest BCUT2D eigenvalue weighted by atomic mass is 9.69. The minimum atomic E-state index is -1.82. The summed E-state index contributed by atoms with van der Waals surface area (Å²) in [6, 6.07) is 18.9. The lowest BCUT2D eigenvalue weighted by Gasteiger charge is -2.58. The minimum Gasteiger partial charge on any atom is -0.445 e. The molecule has 2 aliphatic heterocycles. The van der Waals surface area contributed by atoms with Crippen LogP contribution in [0.4, 0.5) is 9.59 Å². The highest BCUT2D eigenvalue weighted by atomic mass is 35.6. The lowest BCUT2D eigenvalue weighted by molar-refractivity contribution is -0.152. The molecule has 3 heterocycles. The summed E-state index contributed by atoms with van der Waals surface area (Å²) in [6.07, 6.45) is 4.50. The zero-order valence-corrected chi connectivity index (χ0v) is 23.9. The summed E-state index contributed by atoms with van der Waals surface area (Å²) in [4.78, 5) is 44.8. The van der Waals surface area contributed by atoms with Crippen molar-refractivity contribution >= 4 is 64.7 Å². The molecule has 208 valence electrons. The van der Waals surface area contributed by atoms with Gasteiger partial charge in [-0.1, -0.05) is 95.5 Å². The van der Waals surface area contributed by atoms with Gasteiger partial charge in [-0.2, -0.15) is 0 Å². The zero-order chi connectivity index (χ0) is 28.3. The van der Waals surface area contributed by atoms with Gasteiger partial charge in [-0.05, 0) is 16.7 Å². The average Bonchev–Trinajstić information content (AvgIpc) is 3.50. The second-order valence-electron chi connectivity index (χ2n) is 9.13. The molecule has 1 aromatic heterocycles. The monoisotopic (exact) mass is 620 g/mol. The molecule has 9 nitrogen and oxygen atoms in total. The maximum absolute atomic E-state index is 14.1. The number of carbonyl (C=O) groups is 3. The summed E-state index contributed by atoms with van der Waals surface area (Å²) in [5.74, 6) is -0.466. The number of imidazole rings is 1. The molecule has 40 heavy (non-hydrogen) atoms. The zero-order valence-electron chi connectivity index (χ0n) is 20.8. The summed E-state index contributed by atoms with van der Waals surface area (Å²) in [6.45, 7) is -0.504. The first-order valence-corrected chi connectivity index (χ1v) is 14.3. The number of alkyl halides is 3. The number of fused-ring (bicyclic) bond motifs is 1. The normalized spacial score (nSPS) is 20.3. The molecular formula is C27H23Cl3N4O5S. The first-order valence-electron chi connectivity index (χ1n) is 12.1. The van der Waals surface area contributed by atoms with Crippen molar-refractivity contribution < 1.29 is 23.9 Å². The topological polar surface area (TPSA) is 103 Å². The first kappa shape index (κ1) is 28.4. The molecule has 1 unspecified atom stereocenters. The van der Waals surface area contributed by atoms with Gasteiger partial charge in [-0.25, -0.2) is 19.1 Å². The van der Waals surface area contributed by atoms with Crippen molar-refractivity contribution in [2.75, 3.05) is 19.0 Å². The predicted molar refractivity (Wildman–Crippen MR) is 152 cm³/mol. The number of halogens is 3. The number of nitrogens with one attached hydrogen (secondary N) is 1. The van der Waals surface area contributed by atoms with Crippen LogP contribution in [-0.2, 0) is 14.3 Å². The van der Waals surface area contributed by atoms with Crippen LogP contribution in [0.5, 0.6) is 0 Å². The van der Waals surface area contributed by atoms with Crippen molar-refractivity contribution in [2.24, 2.45) is 0 Å². The average molecular weight is 622 g/mol. The maximum atomic E-state index is 14.1. The SMILES string of the molecule is O=C(NC1(C(c2ccccc2)c2ccccc2)C(=O)N2C=C(COC(=O)n3ccnc3)CS[C@H]21)OCC(Cl)(Cl)Cl. The number of β-lactam (4-membered cyclic amide) rings is 1. The van der Waals surface area contributed by atoms with E-state index in [0.717, 1.165) is 16.7 Å². The molecule has 1 fully saturated rings. The van der Waals surface area contributed by atoms with E-state index < -0.39 is 39.4 Å². The Morgan fingerprint density at radius 2 is 1.73 bits per heavy atom. The maximum Gasteiger partial charge on any atom is 0.419 e. The number of benzene rings is 2. The fourth-order valence-electron chi connectivity index (χ4n) is 4.83. The minimum absolute atomic E-state index is 0.00691. The Balaban J connectivity index is 1.46. The molecule has 0 saturated carbocycles. The van der Waals surface area contributed by atoms with E-state index in [4.69, 9.17) is 44.3 Å². The fraction of sp³-hybridized carbons (Fsp3) is 0.259. The first-order chi connectivity index (χ1) is 19.2. The van der Waals surface area contributed by atoms with Crippen LogP contribution in [0.15, 0.2) is 91.2 Å². The van der Waals surface area contributed by atoms with Crippen molar-refractivity contribution in [2.45, 2.75) is 20.6 Å². The summed E-state index contributed by atoms with van der Waals surface area (Å²) in [5.41, 5.74) is 0.959. The number of ether oxygens (including phenoxy) is 2. The largest absolute Gasteiger partial charge is 0.445 e. The second kappa shape index (κ2) is 11.7. The van der Waals surface area contributed by atoms with Gasteiger partial charge in [0, 0.05) is 30.3 Å². The van der Waals surface area contributed by atoms with Gasteiger partial charge in [0.15, 0.2) is 5.54 Å². The Bertz CT molecular complexity index is 1360. The van der Waals surface area contributed by atoms with Crippen molar-refractivity contribution in [3.63, 3.8) is 0 Å².